The molecule has 0 radical (unpaired) electrons. The number of ether oxygens (including phenoxy) is 2. The van der Waals surface area contributed by atoms with Gasteiger partial charge in [0, 0.05) is 12.8 Å². The van der Waals surface area contributed by atoms with Crippen LogP contribution in [0.5, 0.6) is 5.75 Å². The van der Waals surface area contributed by atoms with E-state index in [9.17, 15) is 9.90 Å². The van der Waals surface area contributed by atoms with E-state index in [2.05, 4.69) is 152 Å². The third-order valence-electron chi connectivity index (χ3n) is 12.4. The highest BCUT2D eigenvalue weighted by molar-refractivity contribution is 14.1. The molecule has 1 N–H and O–H groups in total. The number of rotatable bonds is 20. The summed E-state index contributed by atoms with van der Waals surface area (Å²) in [5, 5.41) is 11.6. The maximum absolute atomic E-state index is 14.8. The lowest BCUT2D eigenvalue weighted by Gasteiger charge is -2.47. The van der Waals surface area contributed by atoms with Gasteiger partial charge in [0.1, 0.15) is 11.9 Å². The quantitative estimate of drug-likeness (QED) is 0.103. The summed E-state index contributed by atoms with van der Waals surface area (Å²) in [6.45, 7) is 42.1. The topological polar surface area (TPSA) is 83.5 Å². The first kappa shape index (κ1) is 50.6. The zero-order valence-electron chi connectivity index (χ0n) is 37.4. The molecule has 0 saturated heterocycles. The molecule has 0 saturated carbocycles. The van der Waals surface area contributed by atoms with Gasteiger partial charge in [-0.15, -0.1) is 0 Å². The maximum Gasteiger partial charge on any atom is 0.193 e. The van der Waals surface area contributed by atoms with E-state index in [-0.39, 0.29) is 39.3 Å². The van der Waals surface area contributed by atoms with E-state index in [1.54, 1.807) is 7.11 Å². The van der Waals surface area contributed by atoms with Crippen LogP contribution in [0, 0.1) is 5.92 Å². The molecule has 0 aliphatic heterocycles. The molecule has 0 aliphatic carbocycles. The number of carbonyl (C=O) groups is 1. The molecule has 308 valence electrons. The molecule has 0 aromatic heterocycles. The Morgan fingerprint density at radius 1 is 0.811 bits per heavy atom. The first-order valence-corrected chi connectivity index (χ1v) is 29.5. The molecule has 0 heterocycles. The van der Waals surface area contributed by atoms with Gasteiger partial charge in [-0.1, -0.05) is 104 Å². The van der Waals surface area contributed by atoms with E-state index >= 15 is 0 Å². The van der Waals surface area contributed by atoms with Gasteiger partial charge >= 0.3 is 0 Å². The SMILES string of the molecule is COc1ccc(CO[C@@H](C)C[C@@H](C)[C@H](O[Si](C)(C)C(C)(C)C)[C@@H](O[Si](C)(C)C(C)(C)C)C(=O)CC(O)C[C@@](C)(O[Si](C)(C)C(C)(C)C)/C(C)=C/I)cc1. The van der Waals surface area contributed by atoms with Gasteiger partial charge in [-0.3, -0.25) is 4.79 Å². The van der Waals surface area contributed by atoms with Gasteiger partial charge in [0.2, 0.25) is 0 Å². The Labute approximate surface area is 342 Å². The number of carbonyl (C=O) groups excluding carboxylic acids is 1. The zero-order chi connectivity index (χ0) is 41.6. The average Bonchev–Trinajstić information content (AvgIpc) is 2.99. The minimum Gasteiger partial charge on any atom is -0.497 e. The van der Waals surface area contributed by atoms with Crippen molar-refractivity contribution in [3.63, 3.8) is 0 Å². The van der Waals surface area contributed by atoms with Crippen molar-refractivity contribution in [1.82, 2.24) is 0 Å². The van der Waals surface area contributed by atoms with Crippen molar-refractivity contribution in [3.05, 3.63) is 39.5 Å². The van der Waals surface area contributed by atoms with Crippen molar-refractivity contribution < 1.29 is 32.7 Å². The highest BCUT2D eigenvalue weighted by Crippen LogP contribution is 2.44. The average molecular weight is 907 g/mol. The number of methoxy groups -OCH3 is 1. The number of halogens is 1. The van der Waals surface area contributed by atoms with Crippen LogP contribution in [0.4, 0.5) is 0 Å². The molecule has 1 aromatic rings. The van der Waals surface area contributed by atoms with Gasteiger partial charge in [-0.05, 0) is 115 Å². The van der Waals surface area contributed by atoms with Crippen molar-refractivity contribution in [2.45, 2.75) is 200 Å². The molecule has 1 unspecified atom stereocenters. The lowest BCUT2D eigenvalue weighted by molar-refractivity contribution is -0.136. The standard InChI is InChI=1S/C42H79IO7Si3/c1-30(25-32(3)47-29-33-21-23-35(46-14)24-22-33)37(48-51(15,16)39(4,5)6)38(49-52(17,18)40(7,8)9)36(45)26-34(44)27-42(13,31(2)28-43)50-53(19,20)41(10,11)12/h21-24,28,30,32,34,37-38,44H,25-27,29H2,1-20H3/b31-28+/t30-,32+,34?,37+,38+,42-/m1/s1. The number of Topliss-reactive ketones (excluding diaryl/α,β-unsaturated/α-hetero) is 1. The predicted molar refractivity (Wildman–Crippen MR) is 240 cm³/mol. The van der Waals surface area contributed by atoms with Crippen LogP contribution in [0.25, 0.3) is 0 Å². The van der Waals surface area contributed by atoms with Crippen molar-refractivity contribution in [3.8, 4) is 5.75 Å². The Hall–Kier alpha value is -0.389. The molecule has 0 fully saturated rings. The summed E-state index contributed by atoms with van der Waals surface area (Å²) in [5.41, 5.74) is 1.39. The summed E-state index contributed by atoms with van der Waals surface area (Å²) >= 11 is 2.25. The number of aliphatic hydroxyl groups is 1. The van der Waals surface area contributed by atoms with Crippen LogP contribution in [0.15, 0.2) is 33.9 Å². The molecule has 0 spiro atoms. The molecule has 11 heteroatoms. The van der Waals surface area contributed by atoms with Crippen molar-refractivity contribution >= 4 is 53.3 Å². The number of aliphatic hydroxyl groups excluding tert-OH is 1. The molecule has 0 amide bonds. The van der Waals surface area contributed by atoms with Crippen LogP contribution < -0.4 is 4.74 Å². The number of ketones is 1. The smallest absolute Gasteiger partial charge is 0.193 e. The fraction of sp³-hybridized carbons (Fsp3) is 0.786. The molecule has 7 nitrogen and oxygen atoms in total. The third kappa shape index (κ3) is 14.8. The molecule has 53 heavy (non-hydrogen) atoms. The fourth-order valence-electron chi connectivity index (χ4n) is 5.47. The Morgan fingerprint density at radius 2 is 1.28 bits per heavy atom. The van der Waals surface area contributed by atoms with E-state index in [4.69, 9.17) is 22.8 Å². The van der Waals surface area contributed by atoms with Crippen LogP contribution >= 0.6 is 22.6 Å². The summed E-state index contributed by atoms with van der Waals surface area (Å²) in [5.74, 6) is 0.630. The highest BCUT2D eigenvalue weighted by atomic mass is 127. The first-order chi connectivity index (χ1) is 23.7. The van der Waals surface area contributed by atoms with Gasteiger partial charge in [0.15, 0.2) is 30.7 Å². The van der Waals surface area contributed by atoms with Gasteiger partial charge in [0.05, 0.1) is 37.6 Å². The van der Waals surface area contributed by atoms with Gasteiger partial charge in [-0.2, -0.15) is 0 Å². The van der Waals surface area contributed by atoms with Gasteiger partial charge in [-0.25, -0.2) is 0 Å². The monoisotopic (exact) mass is 906 g/mol. The van der Waals surface area contributed by atoms with E-state index in [0.717, 1.165) is 16.9 Å². The lowest BCUT2D eigenvalue weighted by Crippen LogP contribution is -2.56. The van der Waals surface area contributed by atoms with Gasteiger partial charge < -0.3 is 27.9 Å². The minimum absolute atomic E-state index is 0.0113. The maximum atomic E-state index is 14.8. The van der Waals surface area contributed by atoms with Crippen molar-refractivity contribution in [1.29, 1.82) is 0 Å². The number of hydrogen-bond donors (Lipinski definition) is 1. The Morgan fingerprint density at radius 3 is 1.72 bits per heavy atom. The van der Waals surface area contributed by atoms with Crippen LogP contribution in [-0.2, 0) is 29.4 Å². The third-order valence-corrected chi connectivity index (χ3v) is 26.8. The lowest BCUT2D eigenvalue weighted by atomic mass is 9.87. The second-order valence-corrected chi connectivity index (χ2v) is 35.1. The summed E-state index contributed by atoms with van der Waals surface area (Å²) < 4.78 is 35.2. The first-order valence-electron chi connectivity index (χ1n) is 19.5. The Kier molecular flexibility index (Phi) is 18.5. The molecule has 1 aromatic carbocycles. The molecule has 0 aliphatic rings. The normalized spacial score (nSPS) is 18.2. The van der Waals surface area contributed by atoms with E-state index in [1.807, 2.05) is 28.3 Å². The van der Waals surface area contributed by atoms with Crippen LogP contribution in [0.1, 0.15) is 115 Å². The molecule has 1 rings (SSSR count). The molecular weight excluding hydrogens is 828 g/mol. The van der Waals surface area contributed by atoms with Crippen LogP contribution in [0.3, 0.4) is 0 Å². The number of hydrogen-bond acceptors (Lipinski definition) is 7. The summed E-state index contributed by atoms with van der Waals surface area (Å²) in [6, 6.07) is 7.93. The van der Waals surface area contributed by atoms with E-state index in [1.165, 1.54) is 0 Å². The highest BCUT2D eigenvalue weighted by Gasteiger charge is 2.49. The Balaban J connectivity index is 3.61. The van der Waals surface area contributed by atoms with Crippen LogP contribution in [0.2, 0.25) is 54.4 Å². The summed E-state index contributed by atoms with van der Waals surface area (Å²) in [7, 11) is -5.43. The van der Waals surface area contributed by atoms with Crippen molar-refractivity contribution in [2.75, 3.05) is 7.11 Å². The summed E-state index contributed by atoms with van der Waals surface area (Å²) in [4.78, 5) is 14.8. The second-order valence-electron chi connectivity index (χ2n) is 20.2. The van der Waals surface area contributed by atoms with E-state index in [0.29, 0.717) is 19.4 Å². The number of benzene rings is 1. The van der Waals surface area contributed by atoms with Gasteiger partial charge in [0.25, 0.3) is 0 Å². The summed E-state index contributed by atoms with van der Waals surface area (Å²) in [6.07, 6.45) is -1.42. The molecule has 0 bridgehead atoms. The fourth-order valence-corrected chi connectivity index (χ4v) is 10.5. The second kappa shape index (κ2) is 19.4. The minimum atomic E-state index is -2.48. The molecular formula is C42H79IO7Si3. The molecule has 6 atom stereocenters. The predicted octanol–water partition coefficient (Wildman–Crippen LogP) is 12.2. The Bertz CT molecular complexity index is 1330. The van der Waals surface area contributed by atoms with E-state index < -0.39 is 48.9 Å². The van der Waals surface area contributed by atoms with Crippen molar-refractivity contribution in [2.24, 2.45) is 5.92 Å². The zero-order valence-corrected chi connectivity index (χ0v) is 42.5. The largest absolute Gasteiger partial charge is 0.497 e. The van der Waals surface area contributed by atoms with Crippen LogP contribution in [-0.4, -0.2) is 73.0 Å².